The van der Waals surface area contributed by atoms with E-state index in [0.29, 0.717) is 18.8 Å². The molecule has 114 valence electrons. The van der Waals surface area contributed by atoms with Crippen LogP contribution >= 0.6 is 0 Å². The molecule has 0 saturated carbocycles. The first kappa shape index (κ1) is 15.6. The molecule has 0 saturated heterocycles. The number of benzene rings is 1. The Kier molecular flexibility index (Phi) is 5.39. The zero-order valence-corrected chi connectivity index (χ0v) is 13.1. The molecule has 0 fully saturated rings. The lowest BCUT2D eigenvalue weighted by Crippen LogP contribution is -2.42. The lowest BCUT2D eigenvalue weighted by Gasteiger charge is -2.30. The molecule has 1 amide bonds. The van der Waals surface area contributed by atoms with Crippen molar-refractivity contribution in [2.75, 3.05) is 20.3 Å². The number of rotatable bonds is 7. The SMILES string of the molecule is CCC(CC)N(CCOC)C(=O)c1cc2ccccc2[nH]1. The standard InChI is InChI=1S/C17H24N2O2/c1-4-14(5-2)19(10-11-21-3)17(20)16-12-13-8-6-7-9-15(13)18-16/h6-9,12,14,18H,4-5,10-11H2,1-3H3. The summed E-state index contributed by atoms with van der Waals surface area (Å²) in [7, 11) is 1.67. The summed E-state index contributed by atoms with van der Waals surface area (Å²) in [6.45, 7) is 5.42. The van der Waals surface area contributed by atoms with Crippen molar-refractivity contribution in [2.24, 2.45) is 0 Å². The minimum absolute atomic E-state index is 0.0527. The van der Waals surface area contributed by atoms with Gasteiger partial charge in [0.2, 0.25) is 0 Å². The van der Waals surface area contributed by atoms with Gasteiger partial charge >= 0.3 is 0 Å². The van der Waals surface area contributed by atoms with Crippen LogP contribution in [0.25, 0.3) is 10.9 Å². The molecule has 1 N–H and O–H groups in total. The van der Waals surface area contributed by atoms with Crippen molar-refractivity contribution in [3.8, 4) is 0 Å². The van der Waals surface area contributed by atoms with Gasteiger partial charge < -0.3 is 14.6 Å². The largest absolute Gasteiger partial charge is 0.383 e. The summed E-state index contributed by atoms with van der Waals surface area (Å²) in [4.78, 5) is 18.0. The first-order chi connectivity index (χ1) is 10.2. The van der Waals surface area contributed by atoms with Gasteiger partial charge in [-0.15, -0.1) is 0 Å². The summed E-state index contributed by atoms with van der Waals surface area (Å²) >= 11 is 0. The topological polar surface area (TPSA) is 45.3 Å². The highest BCUT2D eigenvalue weighted by molar-refractivity contribution is 5.98. The number of para-hydroxylation sites is 1. The van der Waals surface area contributed by atoms with Crippen LogP contribution in [0, 0.1) is 0 Å². The number of H-pyrrole nitrogens is 1. The molecule has 2 aromatic rings. The molecule has 2 rings (SSSR count). The van der Waals surface area contributed by atoms with E-state index >= 15 is 0 Å². The molecule has 21 heavy (non-hydrogen) atoms. The molecule has 4 nitrogen and oxygen atoms in total. The highest BCUT2D eigenvalue weighted by Crippen LogP contribution is 2.18. The predicted molar refractivity (Wildman–Crippen MR) is 85.6 cm³/mol. The van der Waals surface area contributed by atoms with Gasteiger partial charge in [0, 0.05) is 30.6 Å². The summed E-state index contributed by atoms with van der Waals surface area (Å²) in [5.74, 6) is 0.0527. The van der Waals surface area contributed by atoms with Crippen LogP contribution < -0.4 is 0 Å². The fraction of sp³-hybridized carbons (Fsp3) is 0.471. The molecular formula is C17H24N2O2. The van der Waals surface area contributed by atoms with E-state index in [1.165, 1.54) is 0 Å². The van der Waals surface area contributed by atoms with Crippen molar-refractivity contribution in [1.82, 2.24) is 9.88 Å². The zero-order valence-electron chi connectivity index (χ0n) is 13.1. The Hall–Kier alpha value is -1.81. The van der Waals surface area contributed by atoms with E-state index < -0.39 is 0 Å². The summed E-state index contributed by atoms with van der Waals surface area (Å²) < 4.78 is 5.15. The molecule has 0 spiro atoms. The number of methoxy groups -OCH3 is 1. The molecule has 0 aliphatic carbocycles. The molecule has 1 heterocycles. The second kappa shape index (κ2) is 7.27. The number of hydrogen-bond acceptors (Lipinski definition) is 2. The number of fused-ring (bicyclic) bond motifs is 1. The average Bonchev–Trinajstić information content (AvgIpc) is 2.95. The molecule has 0 atom stereocenters. The van der Waals surface area contributed by atoms with Gasteiger partial charge in [-0.25, -0.2) is 0 Å². The van der Waals surface area contributed by atoms with Gasteiger partial charge in [-0.2, -0.15) is 0 Å². The highest BCUT2D eigenvalue weighted by atomic mass is 16.5. The van der Waals surface area contributed by atoms with Gasteiger partial charge in [0.05, 0.1) is 6.61 Å². The maximum Gasteiger partial charge on any atom is 0.270 e. The van der Waals surface area contributed by atoms with Gasteiger partial charge in [-0.05, 0) is 25.0 Å². The van der Waals surface area contributed by atoms with Crippen LogP contribution in [-0.4, -0.2) is 42.1 Å². The van der Waals surface area contributed by atoms with E-state index in [9.17, 15) is 4.79 Å². The van der Waals surface area contributed by atoms with Gasteiger partial charge in [0.15, 0.2) is 0 Å². The first-order valence-electron chi connectivity index (χ1n) is 7.58. The minimum Gasteiger partial charge on any atom is -0.383 e. The Labute approximate surface area is 126 Å². The number of aromatic nitrogens is 1. The zero-order chi connectivity index (χ0) is 15.2. The number of aromatic amines is 1. The van der Waals surface area contributed by atoms with Crippen molar-refractivity contribution in [1.29, 1.82) is 0 Å². The van der Waals surface area contributed by atoms with Crippen LogP contribution in [0.5, 0.6) is 0 Å². The Morgan fingerprint density at radius 1 is 1.29 bits per heavy atom. The lowest BCUT2D eigenvalue weighted by molar-refractivity contribution is 0.0584. The minimum atomic E-state index is 0.0527. The molecular weight excluding hydrogens is 264 g/mol. The summed E-state index contributed by atoms with van der Waals surface area (Å²) in [5.41, 5.74) is 1.65. The third-order valence-corrected chi connectivity index (χ3v) is 3.94. The molecule has 4 heteroatoms. The second-order valence-corrected chi connectivity index (χ2v) is 5.23. The molecule has 0 radical (unpaired) electrons. The van der Waals surface area contributed by atoms with Crippen LogP contribution in [0.1, 0.15) is 37.2 Å². The molecule has 0 aliphatic rings. The van der Waals surface area contributed by atoms with E-state index in [1.54, 1.807) is 7.11 Å². The molecule has 0 bridgehead atoms. The fourth-order valence-corrected chi connectivity index (χ4v) is 2.71. The molecule has 0 aliphatic heterocycles. The lowest BCUT2D eigenvalue weighted by atomic mass is 10.1. The fourth-order valence-electron chi connectivity index (χ4n) is 2.71. The number of nitrogens with one attached hydrogen (secondary N) is 1. The Morgan fingerprint density at radius 3 is 2.62 bits per heavy atom. The monoisotopic (exact) mass is 288 g/mol. The van der Waals surface area contributed by atoms with E-state index in [4.69, 9.17) is 4.74 Å². The quantitative estimate of drug-likeness (QED) is 0.848. The summed E-state index contributed by atoms with van der Waals surface area (Å²) in [6, 6.07) is 10.1. The Bertz CT molecular complexity index is 554. The van der Waals surface area contributed by atoms with E-state index in [-0.39, 0.29) is 11.9 Å². The number of amides is 1. The smallest absolute Gasteiger partial charge is 0.270 e. The van der Waals surface area contributed by atoms with Crippen LogP contribution in [0.4, 0.5) is 0 Å². The third-order valence-electron chi connectivity index (χ3n) is 3.94. The molecule has 0 unspecified atom stereocenters. The summed E-state index contributed by atoms with van der Waals surface area (Å²) in [6.07, 6.45) is 1.90. The van der Waals surface area contributed by atoms with Crippen LogP contribution in [-0.2, 0) is 4.74 Å². The van der Waals surface area contributed by atoms with Crippen molar-refractivity contribution >= 4 is 16.8 Å². The maximum atomic E-state index is 12.8. The van der Waals surface area contributed by atoms with Gasteiger partial charge in [0.1, 0.15) is 5.69 Å². The van der Waals surface area contributed by atoms with Gasteiger partial charge in [-0.3, -0.25) is 4.79 Å². The van der Waals surface area contributed by atoms with Gasteiger partial charge in [0.25, 0.3) is 5.91 Å². The van der Waals surface area contributed by atoms with Crippen molar-refractivity contribution in [2.45, 2.75) is 32.7 Å². The normalized spacial score (nSPS) is 11.2. The van der Waals surface area contributed by atoms with Crippen LogP contribution in [0.3, 0.4) is 0 Å². The number of carbonyl (C=O) groups excluding carboxylic acids is 1. The average molecular weight is 288 g/mol. The van der Waals surface area contributed by atoms with Crippen LogP contribution in [0.15, 0.2) is 30.3 Å². The van der Waals surface area contributed by atoms with E-state index in [2.05, 4.69) is 18.8 Å². The maximum absolute atomic E-state index is 12.8. The second-order valence-electron chi connectivity index (χ2n) is 5.23. The van der Waals surface area contributed by atoms with E-state index in [1.807, 2.05) is 35.2 Å². The summed E-state index contributed by atoms with van der Waals surface area (Å²) in [5, 5.41) is 1.07. The molecule has 1 aromatic carbocycles. The number of hydrogen-bond donors (Lipinski definition) is 1. The highest BCUT2D eigenvalue weighted by Gasteiger charge is 2.23. The molecule has 1 aromatic heterocycles. The van der Waals surface area contributed by atoms with Crippen molar-refractivity contribution < 1.29 is 9.53 Å². The van der Waals surface area contributed by atoms with Crippen molar-refractivity contribution in [3.63, 3.8) is 0 Å². The Morgan fingerprint density at radius 2 is 2.00 bits per heavy atom. The number of ether oxygens (including phenoxy) is 1. The number of carbonyl (C=O) groups is 1. The van der Waals surface area contributed by atoms with E-state index in [0.717, 1.165) is 23.7 Å². The van der Waals surface area contributed by atoms with Crippen LogP contribution in [0.2, 0.25) is 0 Å². The third kappa shape index (κ3) is 3.45. The van der Waals surface area contributed by atoms with Gasteiger partial charge in [-0.1, -0.05) is 32.0 Å². The Balaban J connectivity index is 2.27. The predicted octanol–water partition coefficient (Wildman–Crippen LogP) is 3.45. The number of nitrogens with zero attached hydrogens (tertiary/aromatic N) is 1. The van der Waals surface area contributed by atoms with Crippen molar-refractivity contribution in [3.05, 3.63) is 36.0 Å². The first-order valence-corrected chi connectivity index (χ1v) is 7.58.